The number of aliphatic carboxylic acids is 2. The fraction of sp³-hybridized carbons (Fsp3) is 0.500. The maximum atomic E-state index is 11.0. The van der Waals surface area contributed by atoms with Crippen LogP contribution in [0.25, 0.3) is 0 Å². The minimum absolute atomic E-state index is 0. The maximum Gasteiger partial charge on any atom is 1.00 e. The summed E-state index contributed by atoms with van der Waals surface area (Å²) in [6.45, 7) is -1.53. The molecular weight excluding hydrogens is 271 g/mol. The van der Waals surface area contributed by atoms with Crippen LogP contribution in [0.2, 0.25) is 0 Å². The normalized spacial score (nSPS) is 14.2. The van der Waals surface area contributed by atoms with Gasteiger partial charge in [-0.15, -0.1) is 0 Å². The predicted molar refractivity (Wildman–Crippen MR) is 47.4 cm³/mol. The van der Waals surface area contributed by atoms with E-state index in [9.17, 15) is 22.8 Å². The summed E-state index contributed by atoms with van der Waals surface area (Å²) >= 11 is 0. The minimum Gasteiger partial charge on any atom is -1.00 e. The first kappa shape index (κ1) is 18.8. The smallest absolute Gasteiger partial charge is 1.00 e. The third-order valence-electron chi connectivity index (χ3n) is 1.78. The summed E-state index contributed by atoms with van der Waals surface area (Å²) in [5.74, 6) is -6.12. The van der Waals surface area contributed by atoms with Crippen LogP contribution in [-0.2, 0) is 24.5 Å². The molecule has 0 rings (SSSR count). The zero-order valence-electron chi connectivity index (χ0n) is 9.65. The SMILES string of the molecule is O=C(O)CC(C(=O)O)(C(=O)CO)S(=O)(=O)O.[H-].[Na+]. The Morgan fingerprint density at radius 1 is 1.18 bits per heavy atom. The Labute approximate surface area is 119 Å². The van der Waals surface area contributed by atoms with Gasteiger partial charge in [-0.2, -0.15) is 8.42 Å². The Kier molecular flexibility index (Phi) is 7.12. The van der Waals surface area contributed by atoms with E-state index in [0.29, 0.717) is 0 Å². The Balaban J connectivity index is -0.00000112. The van der Waals surface area contributed by atoms with E-state index in [4.69, 9.17) is 19.9 Å². The fourth-order valence-corrected chi connectivity index (χ4v) is 1.86. The van der Waals surface area contributed by atoms with Gasteiger partial charge in [0.15, 0.2) is 5.78 Å². The number of carboxylic acids is 2. The molecule has 1 unspecified atom stereocenters. The molecule has 0 heterocycles. The number of hydrogen-bond donors (Lipinski definition) is 4. The summed E-state index contributed by atoms with van der Waals surface area (Å²) in [5, 5.41) is 25.3. The van der Waals surface area contributed by atoms with Crippen molar-refractivity contribution in [2.24, 2.45) is 0 Å². The van der Waals surface area contributed by atoms with Crippen LogP contribution in [0.1, 0.15) is 7.85 Å². The van der Waals surface area contributed by atoms with Crippen LogP contribution < -0.4 is 29.6 Å². The molecule has 0 saturated heterocycles. The van der Waals surface area contributed by atoms with Crippen LogP contribution in [0.5, 0.6) is 0 Å². The van der Waals surface area contributed by atoms with Crippen molar-refractivity contribution in [2.45, 2.75) is 11.2 Å². The van der Waals surface area contributed by atoms with Crippen LogP contribution >= 0.6 is 0 Å². The molecule has 0 bridgehead atoms. The van der Waals surface area contributed by atoms with Crippen molar-refractivity contribution in [3.63, 3.8) is 0 Å². The third kappa shape index (κ3) is 3.72. The molecule has 0 amide bonds. The number of Topliss-reactive ketones (excluding diaryl/α,β-unsaturated/α-hetero) is 1. The van der Waals surface area contributed by atoms with Crippen LogP contribution in [0, 0.1) is 0 Å². The van der Waals surface area contributed by atoms with Gasteiger partial charge in [0.05, 0.1) is 6.42 Å². The minimum atomic E-state index is -5.52. The maximum absolute atomic E-state index is 11.0. The number of carbonyl (C=O) groups excluding carboxylic acids is 1. The van der Waals surface area contributed by atoms with Gasteiger partial charge in [-0.05, 0) is 0 Å². The zero-order valence-corrected chi connectivity index (χ0v) is 11.5. The van der Waals surface area contributed by atoms with Crippen LogP contribution in [0.4, 0.5) is 0 Å². The number of ketones is 1. The molecule has 1 atom stereocenters. The monoisotopic (exact) mass is 280 g/mol. The Morgan fingerprint density at radius 2 is 1.59 bits per heavy atom. The zero-order chi connectivity index (χ0) is 13.1. The Hall–Kier alpha value is -0.520. The van der Waals surface area contributed by atoms with E-state index in [1.54, 1.807) is 0 Å². The molecule has 0 radical (unpaired) electrons. The average Bonchev–Trinajstić information content (AvgIpc) is 2.09. The molecule has 0 fully saturated rings. The van der Waals surface area contributed by atoms with E-state index < -0.39 is 45.6 Å². The second-order valence-corrected chi connectivity index (χ2v) is 4.41. The molecule has 0 aromatic carbocycles. The van der Waals surface area contributed by atoms with Gasteiger partial charge >= 0.3 is 41.5 Å². The van der Waals surface area contributed by atoms with Crippen molar-refractivity contribution < 1.29 is 73.7 Å². The van der Waals surface area contributed by atoms with Gasteiger partial charge in [0.2, 0.25) is 0 Å². The standard InChI is InChI=1S/C6H8O9S.Na.H/c7-2-3(8)6(5(11)12,1-4(9)10)16(13,14)15;;/h7H,1-2H2,(H,9,10)(H,11,12)(H,13,14,15);;/q;+1;-1. The molecule has 0 saturated carbocycles. The van der Waals surface area contributed by atoms with E-state index in [2.05, 4.69) is 0 Å². The third-order valence-corrected chi connectivity index (χ3v) is 3.21. The summed E-state index contributed by atoms with van der Waals surface area (Å²) in [4.78, 5) is 32.0. The summed E-state index contributed by atoms with van der Waals surface area (Å²) in [5.41, 5.74) is 0. The quantitative estimate of drug-likeness (QED) is 0.211. The van der Waals surface area contributed by atoms with Crippen molar-refractivity contribution in [3.8, 4) is 0 Å². The van der Waals surface area contributed by atoms with Crippen molar-refractivity contribution in [3.05, 3.63) is 0 Å². The van der Waals surface area contributed by atoms with E-state index in [0.717, 1.165) is 0 Å². The molecule has 17 heavy (non-hydrogen) atoms. The first-order chi connectivity index (χ1) is 7.09. The molecule has 0 spiro atoms. The molecule has 0 aromatic heterocycles. The molecular formula is C6H9NaO9S. The molecule has 4 N–H and O–H groups in total. The first-order valence-corrected chi connectivity index (χ1v) is 5.10. The second kappa shape index (κ2) is 6.42. The number of carboxylic acid groups (broad SMARTS) is 2. The number of aliphatic hydroxyl groups is 1. The number of rotatable bonds is 6. The van der Waals surface area contributed by atoms with E-state index in [-0.39, 0.29) is 31.0 Å². The summed E-state index contributed by atoms with van der Waals surface area (Å²) in [6.07, 6.45) is -1.68. The Bertz CT molecular complexity index is 432. The summed E-state index contributed by atoms with van der Waals surface area (Å²) in [7, 11) is -5.52. The van der Waals surface area contributed by atoms with Crippen molar-refractivity contribution >= 4 is 27.8 Å². The van der Waals surface area contributed by atoms with Crippen molar-refractivity contribution in [1.29, 1.82) is 0 Å². The van der Waals surface area contributed by atoms with Gasteiger partial charge < -0.3 is 16.7 Å². The van der Waals surface area contributed by atoms with Crippen molar-refractivity contribution in [2.75, 3.05) is 6.61 Å². The largest absolute Gasteiger partial charge is 1.00 e. The van der Waals surface area contributed by atoms with Gasteiger partial charge in [-0.25, -0.2) is 4.79 Å². The molecule has 0 aromatic rings. The van der Waals surface area contributed by atoms with E-state index >= 15 is 0 Å². The number of hydrogen-bond acceptors (Lipinski definition) is 6. The molecule has 94 valence electrons. The Morgan fingerprint density at radius 3 is 1.76 bits per heavy atom. The van der Waals surface area contributed by atoms with Crippen LogP contribution in [0.15, 0.2) is 0 Å². The molecule has 0 aliphatic rings. The van der Waals surface area contributed by atoms with Gasteiger partial charge in [-0.1, -0.05) is 0 Å². The van der Waals surface area contributed by atoms with Crippen molar-refractivity contribution in [1.82, 2.24) is 0 Å². The van der Waals surface area contributed by atoms with E-state index in [1.807, 2.05) is 0 Å². The molecule has 0 aliphatic heterocycles. The van der Waals surface area contributed by atoms with Gasteiger partial charge in [0.1, 0.15) is 6.61 Å². The second-order valence-electron chi connectivity index (χ2n) is 2.76. The number of carbonyl (C=O) groups is 3. The summed E-state index contributed by atoms with van der Waals surface area (Å²) in [6, 6.07) is 0. The number of aliphatic hydroxyl groups excluding tert-OH is 1. The van der Waals surface area contributed by atoms with Gasteiger partial charge in [-0.3, -0.25) is 14.1 Å². The molecule has 9 nitrogen and oxygen atoms in total. The average molecular weight is 280 g/mol. The fourth-order valence-electron chi connectivity index (χ4n) is 0.980. The van der Waals surface area contributed by atoms with Gasteiger partial charge in [0, 0.05) is 0 Å². The topological polar surface area (TPSA) is 166 Å². The van der Waals surface area contributed by atoms with Crippen LogP contribution in [-0.4, -0.2) is 57.4 Å². The van der Waals surface area contributed by atoms with E-state index in [1.165, 1.54) is 0 Å². The van der Waals surface area contributed by atoms with Gasteiger partial charge in [0.25, 0.3) is 14.9 Å². The first-order valence-electron chi connectivity index (χ1n) is 3.66. The molecule has 0 aliphatic carbocycles. The summed E-state index contributed by atoms with van der Waals surface area (Å²) < 4.78 is 26.7. The van der Waals surface area contributed by atoms with Crippen LogP contribution in [0.3, 0.4) is 0 Å². The molecule has 11 heteroatoms. The predicted octanol–water partition coefficient (Wildman–Crippen LogP) is -5.15.